The molecule has 1 unspecified atom stereocenters. The minimum atomic E-state index is -4.49. The molecule has 0 spiro atoms. The van der Waals surface area contributed by atoms with E-state index >= 15 is 0 Å². The van der Waals surface area contributed by atoms with E-state index < -0.39 is 11.7 Å². The predicted molar refractivity (Wildman–Crippen MR) is 96.7 cm³/mol. The van der Waals surface area contributed by atoms with Crippen molar-refractivity contribution in [3.8, 4) is 0 Å². The molecule has 0 fully saturated rings. The number of hydrogen-bond donors (Lipinski definition) is 1. The van der Waals surface area contributed by atoms with Crippen molar-refractivity contribution in [1.82, 2.24) is 0 Å². The maximum absolute atomic E-state index is 12.8. The number of carbonyl (C=O) groups is 1. The number of nitrogens with one attached hydrogen (secondary N) is 1. The molecule has 1 aliphatic heterocycles. The molecule has 1 atom stereocenters. The number of hydrogen-bond acceptors (Lipinski definition) is 2. The first-order valence-corrected chi connectivity index (χ1v) is 8.64. The van der Waals surface area contributed by atoms with E-state index in [1.165, 1.54) is 5.56 Å². The van der Waals surface area contributed by atoms with E-state index in [1.54, 1.807) is 0 Å². The van der Waals surface area contributed by atoms with E-state index in [-0.39, 0.29) is 29.1 Å². The van der Waals surface area contributed by atoms with Crippen LogP contribution in [0.3, 0.4) is 0 Å². The number of para-hydroxylation sites is 1. The van der Waals surface area contributed by atoms with Crippen molar-refractivity contribution in [1.29, 1.82) is 0 Å². The molecule has 7 heteroatoms. The zero-order valence-corrected chi connectivity index (χ0v) is 14.9. The number of amides is 1. The van der Waals surface area contributed by atoms with Crippen LogP contribution < -0.4 is 10.2 Å². The van der Waals surface area contributed by atoms with Gasteiger partial charge in [0.15, 0.2) is 0 Å². The van der Waals surface area contributed by atoms with Crippen LogP contribution in [-0.2, 0) is 17.4 Å². The zero-order chi connectivity index (χ0) is 18.9. The maximum atomic E-state index is 12.8. The molecule has 0 saturated carbocycles. The van der Waals surface area contributed by atoms with Gasteiger partial charge in [0.05, 0.1) is 16.3 Å². The van der Waals surface area contributed by atoms with Gasteiger partial charge in [-0.15, -0.1) is 0 Å². The van der Waals surface area contributed by atoms with Crippen LogP contribution in [0.5, 0.6) is 0 Å². The Kier molecular flexibility index (Phi) is 5.14. The Bertz CT molecular complexity index is 823. The van der Waals surface area contributed by atoms with Gasteiger partial charge in [0.1, 0.15) is 0 Å². The lowest BCUT2D eigenvalue weighted by Crippen LogP contribution is -2.32. The number of nitrogens with zero attached hydrogens (tertiary/aromatic N) is 1. The van der Waals surface area contributed by atoms with Gasteiger partial charge in [-0.3, -0.25) is 4.79 Å². The lowest BCUT2D eigenvalue weighted by molar-refractivity contribution is -0.137. The molecular formula is C19H18ClF3N2O. The molecule has 26 heavy (non-hydrogen) atoms. The number of benzene rings is 2. The monoisotopic (exact) mass is 382 g/mol. The highest BCUT2D eigenvalue weighted by Gasteiger charge is 2.31. The number of halogens is 4. The van der Waals surface area contributed by atoms with Gasteiger partial charge < -0.3 is 10.2 Å². The summed E-state index contributed by atoms with van der Waals surface area (Å²) in [4.78, 5) is 14.4. The fraction of sp³-hybridized carbons (Fsp3) is 0.316. The van der Waals surface area contributed by atoms with Gasteiger partial charge in [0.25, 0.3) is 0 Å². The standard InChI is InChI=1S/C19H18ClF3N2O/c1-12-10-13-4-2-3-5-17(13)25(12)9-8-18(26)24-16-11-14(19(21,22)23)6-7-15(16)20/h2-7,11-12H,8-10H2,1H3,(H,24,26). The third kappa shape index (κ3) is 3.96. The molecule has 0 radical (unpaired) electrons. The van der Waals surface area contributed by atoms with Crippen molar-refractivity contribution in [2.45, 2.75) is 32.0 Å². The molecule has 1 heterocycles. The van der Waals surface area contributed by atoms with Crippen molar-refractivity contribution in [3.05, 3.63) is 58.6 Å². The first-order valence-electron chi connectivity index (χ1n) is 8.27. The Morgan fingerprint density at radius 3 is 2.73 bits per heavy atom. The van der Waals surface area contributed by atoms with Crippen molar-refractivity contribution in [2.75, 3.05) is 16.8 Å². The lowest BCUT2D eigenvalue weighted by atomic mass is 10.1. The van der Waals surface area contributed by atoms with Crippen LogP contribution in [-0.4, -0.2) is 18.5 Å². The molecule has 2 aromatic carbocycles. The van der Waals surface area contributed by atoms with E-state index in [0.717, 1.165) is 30.3 Å². The highest BCUT2D eigenvalue weighted by molar-refractivity contribution is 6.33. The SMILES string of the molecule is CC1Cc2ccccc2N1CCC(=O)Nc1cc(C(F)(F)F)ccc1Cl. The van der Waals surface area contributed by atoms with Gasteiger partial charge in [-0.05, 0) is 43.2 Å². The second-order valence-corrected chi connectivity index (χ2v) is 6.77. The number of fused-ring (bicyclic) bond motifs is 1. The molecular weight excluding hydrogens is 365 g/mol. The van der Waals surface area contributed by atoms with Crippen molar-refractivity contribution in [2.24, 2.45) is 0 Å². The molecule has 138 valence electrons. The summed E-state index contributed by atoms with van der Waals surface area (Å²) in [5.41, 5.74) is 1.46. The van der Waals surface area contributed by atoms with Gasteiger partial charge in [-0.1, -0.05) is 29.8 Å². The molecule has 1 N–H and O–H groups in total. The summed E-state index contributed by atoms with van der Waals surface area (Å²) >= 11 is 5.92. The first kappa shape index (κ1) is 18.6. The summed E-state index contributed by atoms with van der Waals surface area (Å²) in [6, 6.07) is 11.2. The molecule has 0 bridgehead atoms. The summed E-state index contributed by atoms with van der Waals surface area (Å²) in [6.07, 6.45) is -3.42. The maximum Gasteiger partial charge on any atom is 0.416 e. The minimum Gasteiger partial charge on any atom is -0.368 e. The summed E-state index contributed by atoms with van der Waals surface area (Å²) in [5.74, 6) is -0.372. The topological polar surface area (TPSA) is 32.3 Å². The molecule has 2 aromatic rings. The van der Waals surface area contributed by atoms with Crippen LogP contribution in [0.2, 0.25) is 5.02 Å². The Labute approximate surface area is 154 Å². The molecule has 0 saturated heterocycles. The Hall–Kier alpha value is -2.21. The molecule has 0 aromatic heterocycles. The summed E-state index contributed by atoms with van der Waals surface area (Å²) < 4.78 is 38.4. The van der Waals surface area contributed by atoms with Gasteiger partial charge in [-0.2, -0.15) is 13.2 Å². The minimum absolute atomic E-state index is 0.0265. The fourth-order valence-corrected chi connectivity index (χ4v) is 3.37. The van der Waals surface area contributed by atoms with Crippen LogP contribution in [0.15, 0.2) is 42.5 Å². The number of rotatable bonds is 4. The van der Waals surface area contributed by atoms with Crippen molar-refractivity contribution < 1.29 is 18.0 Å². The average molecular weight is 383 g/mol. The highest BCUT2D eigenvalue weighted by Crippen LogP contribution is 2.34. The lowest BCUT2D eigenvalue weighted by Gasteiger charge is -2.24. The second kappa shape index (κ2) is 7.19. The third-order valence-corrected chi connectivity index (χ3v) is 4.83. The number of carbonyl (C=O) groups excluding carboxylic acids is 1. The van der Waals surface area contributed by atoms with Crippen LogP contribution >= 0.6 is 11.6 Å². The van der Waals surface area contributed by atoms with Crippen molar-refractivity contribution in [3.63, 3.8) is 0 Å². The van der Waals surface area contributed by atoms with E-state index in [0.29, 0.717) is 6.54 Å². The van der Waals surface area contributed by atoms with Crippen LogP contribution in [0.4, 0.5) is 24.5 Å². The highest BCUT2D eigenvalue weighted by atomic mass is 35.5. The van der Waals surface area contributed by atoms with Gasteiger partial charge >= 0.3 is 6.18 Å². The largest absolute Gasteiger partial charge is 0.416 e. The first-order chi connectivity index (χ1) is 12.3. The van der Waals surface area contributed by atoms with Gasteiger partial charge in [0.2, 0.25) is 5.91 Å². The smallest absolute Gasteiger partial charge is 0.368 e. The van der Waals surface area contributed by atoms with Gasteiger partial charge in [-0.25, -0.2) is 0 Å². The van der Waals surface area contributed by atoms with E-state index in [2.05, 4.69) is 23.2 Å². The Morgan fingerprint density at radius 2 is 2.00 bits per heavy atom. The fourth-order valence-electron chi connectivity index (χ4n) is 3.20. The summed E-state index contributed by atoms with van der Waals surface area (Å²) in [6.45, 7) is 2.57. The molecule has 1 aliphatic rings. The second-order valence-electron chi connectivity index (χ2n) is 6.37. The quantitative estimate of drug-likeness (QED) is 0.794. The molecule has 1 amide bonds. The molecule has 3 nitrogen and oxygen atoms in total. The van der Waals surface area contributed by atoms with Crippen molar-refractivity contribution >= 4 is 28.9 Å². The molecule has 0 aliphatic carbocycles. The van der Waals surface area contributed by atoms with E-state index in [9.17, 15) is 18.0 Å². The van der Waals surface area contributed by atoms with E-state index in [1.807, 2.05) is 18.2 Å². The van der Waals surface area contributed by atoms with Crippen LogP contribution in [0.25, 0.3) is 0 Å². The third-order valence-electron chi connectivity index (χ3n) is 4.50. The normalized spacial score (nSPS) is 16.5. The zero-order valence-electron chi connectivity index (χ0n) is 14.1. The Morgan fingerprint density at radius 1 is 1.27 bits per heavy atom. The average Bonchev–Trinajstić information content (AvgIpc) is 2.89. The van der Waals surface area contributed by atoms with Crippen LogP contribution in [0, 0.1) is 0 Å². The van der Waals surface area contributed by atoms with E-state index in [4.69, 9.17) is 11.6 Å². The molecule has 3 rings (SSSR count). The summed E-state index contributed by atoms with van der Waals surface area (Å²) in [7, 11) is 0. The number of anilines is 2. The number of alkyl halides is 3. The van der Waals surface area contributed by atoms with Crippen LogP contribution in [0.1, 0.15) is 24.5 Å². The predicted octanol–water partition coefficient (Wildman–Crippen LogP) is 5.14. The van der Waals surface area contributed by atoms with Gasteiger partial charge in [0, 0.05) is 24.7 Å². The Balaban J connectivity index is 1.65. The summed E-state index contributed by atoms with van der Waals surface area (Å²) in [5, 5.41) is 2.56.